The molecule has 0 aromatic carbocycles. The molecule has 130 valence electrons. The summed E-state index contributed by atoms with van der Waals surface area (Å²) in [7, 11) is 1.69. The van der Waals surface area contributed by atoms with E-state index in [0.717, 1.165) is 0 Å². The molecule has 0 radical (unpaired) electrons. The topological polar surface area (TPSA) is 121 Å². The third-order valence-corrected chi connectivity index (χ3v) is 3.97. The summed E-state index contributed by atoms with van der Waals surface area (Å²) in [4.78, 5) is 44.4. The number of carbonyl (C=O) groups is 4. The summed E-state index contributed by atoms with van der Waals surface area (Å²) in [6.07, 6.45) is 0.951. The van der Waals surface area contributed by atoms with Crippen LogP contribution in [0.5, 0.6) is 0 Å². The maximum absolute atomic E-state index is 11.3. The van der Waals surface area contributed by atoms with E-state index in [1.54, 1.807) is 18.9 Å². The molecule has 23 heavy (non-hydrogen) atoms. The molecule has 0 bridgehead atoms. The first-order valence-electron chi connectivity index (χ1n) is 7.61. The van der Waals surface area contributed by atoms with E-state index in [-0.39, 0.29) is 23.7 Å². The SMILES string of the molecule is CCN(C)C(=O)C1CC1C(=O)O.CCOC(=O)[C@@H]1C[C@H]1C(=O)O. The van der Waals surface area contributed by atoms with Crippen LogP contribution in [0, 0.1) is 23.7 Å². The fourth-order valence-electron chi connectivity index (χ4n) is 2.16. The van der Waals surface area contributed by atoms with E-state index in [2.05, 4.69) is 4.74 Å². The fourth-order valence-corrected chi connectivity index (χ4v) is 2.16. The predicted molar refractivity (Wildman–Crippen MR) is 78.4 cm³/mol. The molecule has 0 aliphatic heterocycles. The Kier molecular flexibility index (Phi) is 6.53. The highest BCUT2D eigenvalue weighted by molar-refractivity contribution is 5.89. The van der Waals surface area contributed by atoms with E-state index in [4.69, 9.17) is 10.2 Å². The third-order valence-electron chi connectivity index (χ3n) is 3.97. The van der Waals surface area contributed by atoms with Gasteiger partial charge in [0.1, 0.15) is 0 Å². The van der Waals surface area contributed by atoms with E-state index in [9.17, 15) is 19.2 Å². The van der Waals surface area contributed by atoms with Gasteiger partial charge in [-0.25, -0.2) is 0 Å². The zero-order chi connectivity index (χ0) is 17.7. The van der Waals surface area contributed by atoms with Crippen molar-refractivity contribution in [3.8, 4) is 0 Å². The Balaban J connectivity index is 0.000000231. The molecule has 4 atom stereocenters. The van der Waals surface area contributed by atoms with Gasteiger partial charge in [-0.05, 0) is 26.7 Å². The molecule has 0 spiro atoms. The first-order valence-corrected chi connectivity index (χ1v) is 7.61. The van der Waals surface area contributed by atoms with Gasteiger partial charge in [0.25, 0.3) is 0 Å². The van der Waals surface area contributed by atoms with Gasteiger partial charge in [0.05, 0.1) is 30.3 Å². The highest BCUT2D eigenvalue weighted by Gasteiger charge is 2.49. The molecule has 2 saturated carbocycles. The van der Waals surface area contributed by atoms with Gasteiger partial charge in [-0.2, -0.15) is 0 Å². The number of hydrogen-bond donors (Lipinski definition) is 2. The third kappa shape index (κ3) is 5.22. The van der Waals surface area contributed by atoms with Gasteiger partial charge >= 0.3 is 17.9 Å². The monoisotopic (exact) mass is 329 g/mol. The molecule has 0 aromatic rings. The average molecular weight is 329 g/mol. The van der Waals surface area contributed by atoms with Crippen LogP contribution in [-0.2, 0) is 23.9 Å². The Morgan fingerprint density at radius 1 is 0.957 bits per heavy atom. The van der Waals surface area contributed by atoms with Gasteiger partial charge in [-0.1, -0.05) is 0 Å². The number of nitrogens with zero attached hydrogens (tertiary/aromatic N) is 1. The summed E-state index contributed by atoms with van der Waals surface area (Å²) >= 11 is 0. The maximum atomic E-state index is 11.3. The number of carboxylic acids is 2. The van der Waals surface area contributed by atoms with Crippen molar-refractivity contribution in [2.24, 2.45) is 23.7 Å². The lowest BCUT2D eigenvalue weighted by atomic mass is 10.3. The average Bonchev–Trinajstić information content (AvgIpc) is 3.38. The minimum Gasteiger partial charge on any atom is -0.481 e. The number of aliphatic carboxylic acids is 2. The Labute approximate surface area is 134 Å². The van der Waals surface area contributed by atoms with Crippen LogP contribution >= 0.6 is 0 Å². The molecular formula is C15H23NO7. The molecule has 2 fully saturated rings. The molecule has 2 N–H and O–H groups in total. The Bertz CT molecular complexity index is 490. The first-order chi connectivity index (χ1) is 10.7. The summed E-state index contributed by atoms with van der Waals surface area (Å²) in [5, 5.41) is 17.0. The number of ether oxygens (including phenoxy) is 1. The van der Waals surface area contributed by atoms with Crippen molar-refractivity contribution in [3.63, 3.8) is 0 Å². The van der Waals surface area contributed by atoms with Crippen molar-refractivity contribution in [3.05, 3.63) is 0 Å². The van der Waals surface area contributed by atoms with Crippen molar-refractivity contribution < 1.29 is 34.1 Å². The molecule has 1 amide bonds. The van der Waals surface area contributed by atoms with E-state index >= 15 is 0 Å². The molecule has 2 aliphatic carbocycles. The van der Waals surface area contributed by atoms with Crippen LogP contribution in [0.25, 0.3) is 0 Å². The fraction of sp³-hybridized carbons (Fsp3) is 0.733. The number of amides is 1. The summed E-state index contributed by atoms with van der Waals surface area (Å²) in [5.41, 5.74) is 0. The highest BCUT2D eigenvalue weighted by Crippen LogP contribution is 2.40. The molecule has 0 saturated heterocycles. The second-order valence-electron chi connectivity index (χ2n) is 5.68. The van der Waals surface area contributed by atoms with E-state index in [0.29, 0.717) is 26.0 Å². The second kappa shape index (κ2) is 7.94. The number of carboxylic acid groups (broad SMARTS) is 2. The maximum Gasteiger partial charge on any atom is 0.309 e. The Hall–Kier alpha value is -2.12. The lowest BCUT2D eigenvalue weighted by Crippen LogP contribution is -2.28. The van der Waals surface area contributed by atoms with Crippen molar-refractivity contribution in [2.75, 3.05) is 20.2 Å². The van der Waals surface area contributed by atoms with Crippen LogP contribution in [0.1, 0.15) is 26.7 Å². The summed E-state index contributed by atoms with van der Waals surface area (Å²) in [6, 6.07) is 0. The van der Waals surface area contributed by atoms with Gasteiger partial charge in [-0.3, -0.25) is 19.2 Å². The van der Waals surface area contributed by atoms with Gasteiger partial charge in [0.15, 0.2) is 0 Å². The van der Waals surface area contributed by atoms with Gasteiger partial charge in [0, 0.05) is 13.6 Å². The molecule has 2 rings (SSSR count). The number of hydrogen-bond acceptors (Lipinski definition) is 5. The molecule has 0 heterocycles. The number of carbonyl (C=O) groups excluding carboxylic acids is 2. The minimum absolute atomic E-state index is 0.0371. The number of rotatable bonds is 6. The van der Waals surface area contributed by atoms with Crippen LogP contribution in [0.4, 0.5) is 0 Å². The van der Waals surface area contributed by atoms with E-state index in [1.165, 1.54) is 0 Å². The van der Waals surface area contributed by atoms with Crippen molar-refractivity contribution >= 4 is 23.8 Å². The van der Waals surface area contributed by atoms with Gasteiger partial charge < -0.3 is 19.8 Å². The van der Waals surface area contributed by atoms with Gasteiger partial charge in [-0.15, -0.1) is 0 Å². The summed E-state index contributed by atoms with van der Waals surface area (Å²) < 4.78 is 4.64. The standard InChI is InChI=1S/C8H13NO3.C7H10O4/c1-3-9(2)7(10)5-4-6(5)8(11)12;1-2-11-7(10)5-3-4(5)6(8)9/h5-6H,3-4H2,1-2H3,(H,11,12);4-5H,2-3H2,1H3,(H,8,9)/t;4-,5-/m.1/s1. The van der Waals surface area contributed by atoms with Crippen LogP contribution < -0.4 is 0 Å². The lowest BCUT2D eigenvalue weighted by Gasteiger charge is -2.13. The lowest BCUT2D eigenvalue weighted by molar-refractivity contribution is -0.148. The van der Waals surface area contributed by atoms with Crippen LogP contribution in [-0.4, -0.2) is 59.1 Å². The highest BCUT2D eigenvalue weighted by atomic mass is 16.5. The summed E-state index contributed by atoms with van der Waals surface area (Å²) in [5.74, 6) is -3.72. The first kappa shape index (κ1) is 18.9. The normalized spacial score (nSPS) is 27.1. The molecule has 0 aromatic heterocycles. The smallest absolute Gasteiger partial charge is 0.309 e. The van der Waals surface area contributed by atoms with Crippen molar-refractivity contribution in [2.45, 2.75) is 26.7 Å². The van der Waals surface area contributed by atoms with Crippen LogP contribution in [0.3, 0.4) is 0 Å². The van der Waals surface area contributed by atoms with Gasteiger partial charge in [0.2, 0.25) is 5.91 Å². The molecule has 2 unspecified atom stereocenters. The quantitative estimate of drug-likeness (QED) is 0.679. The summed E-state index contributed by atoms with van der Waals surface area (Å²) in [6.45, 7) is 4.54. The van der Waals surface area contributed by atoms with Crippen molar-refractivity contribution in [1.29, 1.82) is 0 Å². The van der Waals surface area contributed by atoms with E-state index in [1.807, 2.05) is 6.92 Å². The second-order valence-corrected chi connectivity index (χ2v) is 5.68. The molecule has 2 aliphatic rings. The van der Waals surface area contributed by atoms with Crippen LogP contribution in [0.15, 0.2) is 0 Å². The minimum atomic E-state index is -0.900. The zero-order valence-corrected chi connectivity index (χ0v) is 13.5. The van der Waals surface area contributed by atoms with Crippen LogP contribution in [0.2, 0.25) is 0 Å². The molecular weight excluding hydrogens is 306 g/mol. The Morgan fingerprint density at radius 3 is 1.78 bits per heavy atom. The Morgan fingerprint density at radius 2 is 1.43 bits per heavy atom. The molecule has 8 heteroatoms. The van der Waals surface area contributed by atoms with Crippen molar-refractivity contribution in [1.82, 2.24) is 4.90 Å². The zero-order valence-electron chi connectivity index (χ0n) is 13.5. The largest absolute Gasteiger partial charge is 0.481 e. The predicted octanol–water partition coefficient (Wildman–Crippen LogP) is 0.456. The molecule has 8 nitrogen and oxygen atoms in total. The number of esters is 1. The van der Waals surface area contributed by atoms with E-state index < -0.39 is 23.8 Å².